The number of anilines is 1. The van der Waals surface area contributed by atoms with Crippen LogP contribution in [0, 0.1) is 24.0 Å². The van der Waals surface area contributed by atoms with E-state index in [9.17, 15) is 28.1 Å². The molecule has 4 aromatic carbocycles. The Morgan fingerprint density at radius 3 is 2.16 bits per heavy atom. The van der Waals surface area contributed by atoms with Gasteiger partial charge in [-0.1, -0.05) is 73.2 Å². The Kier molecular flexibility index (Phi) is 12.1. The van der Waals surface area contributed by atoms with Crippen LogP contribution in [0.15, 0.2) is 102 Å². The predicted octanol–water partition coefficient (Wildman–Crippen LogP) is 5.97. The van der Waals surface area contributed by atoms with Gasteiger partial charge in [0.2, 0.25) is 11.8 Å². The molecular weight excluding hydrogens is 644 g/mol. The Morgan fingerprint density at radius 2 is 1.57 bits per heavy atom. The molecule has 0 aliphatic heterocycles. The predicted molar refractivity (Wildman–Crippen MR) is 189 cm³/mol. The Balaban J connectivity index is 1.84. The molecule has 2 atom stereocenters. The van der Waals surface area contributed by atoms with Crippen molar-refractivity contribution >= 4 is 33.2 Å². The van der Waals surface area contributed by atoms with E-state index < -0.39 is 33.4 Å². The number of nitro groups is 1. The van der Waals surface area contributed by atoms with E-state index in [0.717, 1.165) is 27.1 Å². The number of ether oxygens (including phenoxy) is 1. The second-order valence-electron chi connectivity index (χ2n) is 11.9. The van der Waals surface area contributed by atoms with Gasteiger partial charge in [0.25, 0.3) is 15.7 Å². The second kappa shape index (κ2) is 16.2. The minimum absolute atomic E-state index is 0.0248. The third kappa shape index (κ3) is 9.23. The van der Waals surface area contributed by atoms with Crippen LogP contribution < -0.4 is 14.4 Å². The number of nitro benzene ring substituents is 1. The summed E-state index contributed by atoms with van der Waals surface area (Å²) >= 11 is 0. The van der Waals surface area contributed by atoms with Crippen LogP contribution >= 0.6 is 0 Å². The Hall–Kier alpha value is -5.23. The largest absolute Gasteiger partial charge is 0.497 e. The van der Waals surface area contributed by atoms with Crippen LogP contribution in [0.2, 0.25) is 0 Å². The van der Waals surface area contributed by atoms with Gasteiger partial charge in [0.05, 0.1) is 22.6 Å². The number of benzene rings is 4. The minimum atomic E-state index is -4.54. The van der Waals surface area contributed by atoms with E-state index in [4.69, 9.17) is 4.74 Å². The first-order chi connectivity index (χ1) is 23.3. The molecule has 258 valence electrons. The average Bonchev–Trinajstić information content (AvgIpc) is 3.09. The lowest BCUT2D eigenvalue weighted by Gasteiger charge is -2.34. The van der Waals surface area contributed by atoms with E-state index >= 15 is 0 Å². The summed E-state index contributed by atoms with van der Waals surface area (Å²) < 4.78 is 34.8. The zero-order valence-corrected chi connectivity index (χ0v) is 29.1. The number of hydrogen-bond acceptors (Lipinski definition) is 7. The standard InChI is InChI=1S/C37H42N4O7S/c1-6-28(4)38-37(43)35(22-29-10-8-7-9-11-29)39(24-30-15-12-26(2)13-16-30)36(42)25-40(31-17-19-32(48-5)20-18-31)49(46,47)33-21-14-27(3)34(23-33)41(44)45/h7-21,23,28,35H,6,22,24-25H2,1-5H3,(H,38,43)/t28-,35+/m1/s1. The molecule has 0 aromatic heterocycles. The van der Waals surface area contributed by atoms with Crippen molar-refractivity contribution in [3.05, 3.63) is 129 Å². The van der Waals surface area contributed by atoms with E-state index in [1.54, 1.807) is 12.1 Å². The Morgan fingerprint density at radius 1 is 0.918 bits per heavy atom. The number of sulfonamides is 1. The topological polar surface area (TPSA) is 139 Å². The molecule has 0 aliphatic rings. The van der Waals surface area contributed by atoms with Gasteiger partial charge in [-0.05, 0) is 68.7 Å². The molecule has 12 heteroatoms. The van der Waals surface area contributed by atoms with Gasteiger partial charge in [0.1, 0.15) is 18.3 Å². The van der Waals surface area contributed by atoms with E-state index in [1.165, 1.54) is 43.2 Å². The van der Waals surface area contributed by atoms with Gasteiger partial charge < -0.3 is 15.0 Å². The summed E-state index contributed by atoms with van der Waals surface area (Å²) in [4.78, 5) is 40.8. The number of carbonyl (C=O) groups excluding carboxylic acids is 2. The lowest BCUT2D eigenvalue weighted by Crippen LogP contribution is -2.54. The number of hydrogen-bond donors (Lipinski definition) is 1. The summed E-state index contributed by atoms with van der Waals surface area (Å²) in [6, 6.07) is 25.4. The molecular formula is C37H42N4O7S. The first kappa shape index (κ1) is 36.6. The van der Waals surface area contributed by atoms with Crippen molar-refractivity contribution in [1.29, 1.82) is 0 Å². The molecule has 0 bridgehead atoms. The number of methoxy groups -OCH3 is 1. The van der Waals surface area contributed by atoms with Gasteiger partial charge in [0.15, 0.2) is 0 Å². The van der Waals surface area contributed by atoms with Crippen LogP contribution in [0.4, 0.5) is 11.4 Å². The highest BCUT2D eigenvalue weighted by Crippen LogP contribution is 2.30. The minimum Gasteiger partial charge on any atom is -0.497 e. The summed E-state index contributed by atoms with van der Waals surface area (Å²) in [5, 5.41) is 14.8. The summed E-state index contributed by atoms with van der Waals surface area (Å²) in [5.74, 6) is -0.544. The van der Waals surface area contributed by atoms with E-state index in [2.05, 4.69) is 5.32 Å². The fourth-order valence-electron chi connectivity index (χ4n) is 5.24. The summed E-state index contributed by atoms with van der Waals surface area (Å²) in [6.45, 7) is 6.61. The average molecular weight is 687 g/mol. The lowest BCUT2D eigenvalue weighted by molar-refractivity contribution is -0.385. The fraction of sp³-hybridized carbons (Fsp3) is 0.297. The van der Waals surface area contributed by atoms with Crippen LogP contribution in [0.1, 0.15) is 42.5 Å². The van der Waals surface area contributed by atoms with Gasteiger partial charge in [-0.25, -0.2) is 8.42 Å². The maximum absolute atomic E-state index is 14.6. The molecule has 4 aromatic rings. The second-order valence-corrected chi connectivity index (χ2v) is 13.8. The molecule has 11 nitrogen and oxygen atoms in total. The highest BCUT2D eigenvalue weighted by molar-refractivity contribution is 7.92. The van der Waals surface area contributed by atoms with Crippen molar-refractivity contribution in [2.45, 2.75) is 64.1 Å². The first-order valence-electron chi connectivity index (χ1n) is 15.9. The number of aryl methyl sites for hydroxylation is 2. The quantitative estimate of drug-likeness (QED) is 0.120. The van der Waals surface area contributed by atoms with Crippen molar-refractivity contribution in [3.8, 4) is 5.75 Å². The van der Waals surface area contributed by atoms with Crippen LogP contribution in [-0.2, 0) is 32.6 Å². The van der Waals surface area contributed by atoms with Gasteiger partial charge in [0, 0.05) is 30.6 Å². The summed E-state index contributed by atoms with van der Waals surface area (Å²) in [5.41, 5.74) is 2.64. The van der Waals surface area contributed by atoms with Crippen LogP contribution in [0.25, 0.3) is 0 Å². The Labute approximate surface area is 287 Å². The van der Waals surface area contributed by atoms with Crippen LogP contribution in [0.3, 0.4) is 0 Å². The van der Waals surface area contributed by atoms with Crippen LogP contribution in [-0.4, -0.2) is 55.8 Å². The maximum atomic E-state index is 14.6. The molecule has 0 heterocycles. The van der Waals surface area contributed by atoms with Gasteiger partial charge >= 0.3 is 0 Å². The van der Waals surface area contributed by atoms with Crippen molar-refractivity contribution < 1.29 is 27.7 Å². The highest BCUT2D eigenvalue weighted by atomic mass is 32.2. The first-order valence-corrected chi connectivity index (χ1v) is 17.4. The smallest absolute Gasteiger partial charge is 0.273 e. The third-order valence-corrected chi connectivity index (χ3v) is 10.1. The lowest BCUT2D eigenvalue weighted by atomic mass is 10.0. The summed E-state index contributed by atoms with van der Waals surface area (Å²) in [7, 11) is -3.07. The van der Waals surface area contributed by atoms with Gasteiger partial charge in [-0.2, -0.15) is 0 Å². The van der Waals surface area contributed by atoms with Crippen LogP contribution in [0.5, 0.6) is 5.75 Å². The molecule has 4 rings (SSSR count). The third-order valence-electron chi connectivity index (χ3n) is 8.35. The Bertz CT molecular complexity index is 1870. The molecule has 0 saturated carbocycles. The maximum Gasteiger partial charge on any atom is 0.273 e. The molecule has 0 fully saturated rings. The molecule has 1 N–H and O–H groups in total. The zero-order valence-electron chi connectivity index (χ0n) is 28.3. The number of nitrogens with one attached hydrogen (secondary N) is 1. The summed E-state index contributed by atoms with van der Waals surface area (Å²) in [6.07, 6.45) is 0.849. The molecule has 2 amide bonds. The van der Waals surface area contributed by atoms with E-state index in [1.807, 2.05) is 75.4 Å². The molecule has 49 heavy (non-hydrogen) atoms. The number of nitrogens with zero attached hydrogens (tertiary/aromatic N) is 3. The molecule has 0 saturated heterocycles. The van der Waals surface area contributed by atoms with E-state index in [0.29, 0.717) is 12.2 Å². The number of carbonyl (C=O) groups is 2. The van der Waals surface area contributed by atoms with Gasteiger partial charge in [-0.15, -0.1) is 0 Å². The van der Waals surface area contributed by atoms with E-state index in [-0.39, 0.29) is 46.7 Å². The number of rotatable bonds is 15. The van der Waals surface area contributed by atoms with Gasteiger partial charge in [-0.3, -0.25) is 24.0 Å². The number of amides is 2. The monoisotopic (exact) mass is 686 g/mol. The van der Waals surface area contributed by atoms with Crippen molar-refractivity contribution in [2.24, 2.45) is 0 Å². The SMILES string of the molecule is CC[C@@H](C)NC(=O)[C@H](Cc1ccccc1)N(Cc1ccc(C)cc1)C(=O)CN(c1ccc(OC)cc1)S(=O)(=O)c1ccc(C)c([N+](=O)[O-])c1. The highest BCUT2D eigenvalue weighted by Gasteiger charge is 2.35. The van der Waals surface area contributed by atoms with Crippen molar-refractivity contribution in [1.82, 2.24) is 10.2 Å². The van der Waals surface area contributed by atoms with Crippen molar-refractivity contribution in [3.63, 3.8) is 0 Å². The molecule has 0 spiro atoms. The molecule has 0 aliphatic carbocycles. The zero-order chi connectivity index (χ0) is 35.7. The van der Waals surface area contributed by atoms with Crippen molar-refractivity contribution in [2.75, 3.05) is 18.0 Å². The molecule has 0 radical (unpaired) electrons. The normalized spacial score (nSPS) is 12.4. The molecule has 0 unspecified atom stereocenters. The fourth-order valence-corrected chi connectivity index (χ4v) is 6.67.